The van der Waals surface area contributed by atoms with Gasteiger partial charge in [0.05, 0.1) is 13.2 Å². The summed E-state index contributed by atoms with van der Waals surface area (Å²) in [6.07, 6.45) is 7.96. The van der Waals surface area contributed by atoms with Gasteiger partial charge in [-0.25, -0.2) is 0 Å². The molecule has 0 aromatic carbocycles. The van der Waals surface area contributed by atoms with E-state index >= 15 is 0 Å². The molecule has 0 aromatic rings. The van der Waals surface area contributed by atoms with Crippen molar-refractivity contribution < 1.29 is 14.6 Å². The average Bonchev–Trinajstić information content (AvgIpc) is 3.70. The van der Waals surface area contributed by atoms with Crippen molar-refractivity contribution in [1.29, 1.82) is 0 Å². The molecule has 0 radical (unpaired) electrons. The van der Waals surface area contributed by atoms with Crippen molar-refractivity contribution in [2.75, 3.05) is 7.11 Å². The Balaban J connectivity index is 1.33. The number of nitrogens with one attached hydrogen (secondary N) is 4. The fourth-order valence-electron chi connectivity index (χ4n) is 11.7. The highest BCUT2D eigenvalue weighted by molar-refractivity contribution is 5.69. The Morgan fingerprint density at radius 1 is 0.683 bits per heavy atom. The molecule has 7 nitrogen and oxygen atoms in total. The monoisotopic (exact) mass is 572 g/mol. The number of carbonyl (C=O) groups is 1. The molecule has 0 amide bonds. The minimum absolute atomic E-state index is 0.100. The van der Waals surface area contributed by atoms with E-state index in [1.54, 1.807) is 0 Å². The molecule has 6 aliphatic rings. The summed E-state index contributed by atoms with van der Waals surface area (Å²) in [6, 6.07) is 3.73. The summed E-state index contributed by atoms with van der Waals surface area (Å²) in [7, 11) is 1.51. The number of ether oxygens (including phenoxy) is 1. The van der Waals surface area contributed by atoms with Crippen molar-refractivity contribution in [3.05, 3.63) is 0 Å². The highest BCUT2D eigenvalue weighted by Crippen LogP contribution is 2.50. The highest BCUT2D eigenvalue weighted by atomic mass is 16.5. The number of esters is 1. The molecule has 16 unspecified atom stereocenters. The molecule has 41 heavy (non-hydrogen) atoms. The summed E-state index contributed by atoms with van der Waals surface area (Å²) in [5.41, 5.74) is 0. The number of carbonyl (C=O) groups excluding carboxylic acids is 1. The van der Waals surface area contributed by atoms with Crippen LogP contribution in [-0.2, 0) is 9.53 Å². The lowest BCUT2D eigenvalue weighted by Gasteiger charge is -2.32. The number of hydrogen-bond acceptors (Lipinski definition) is 7. The van der Waals surface area contributed by atoms with Gasteiger partial charge in [0.2, 0.25) is 0 Å². The molecule has 0 aromatic heterocycles. The second-order valence-electron chi connectivity index (χ2n) is 15.5. The molecule has 5 aliphatic heterocycles. The summed E-state index contributed by atoms with van der Waals surface area (Å²) in [5, 5.41) is 28.3. The minimum atomic E-state index is -0.249. The second-order valence-corrected chi connectivity index (χ2v) is 15.5. The Hall–Kier alpha value is -0.730. The predicted octanol–water partition coefficient (Wildman–Crippen LogP) is 3.70. The van der Waals surface area contributed by atoms with Crippen LogP contribution in [0.5, 0.6) is 0 Å². The predicted molar refractivity (Wildman–Crippen MR) is 163 cm³/mol. The maximum absolute atomic E-state index is 12.3. The Kier molecular flexibility index (Phi) is 8.86. The molecule has 18 atom stereocenters. The van der Waals surface area contributed by atoms with Gasteiger partial charge in [0.15, 0.2) is 0 Å². The lowest BCUT2D eigenvalue weighted by molar-refractivity contribution is -0.141. The van der Waals surface area contributed by atoms with Gasteiger partial charge >= 0.3 is 5.97 Å². The molecule has 5 heterocycles. The lowest BCUT2D eigenvalue weighted by atomic mass is 9.76. The van der Waals surface area contributed by atoms with Gasteiger partial charge in [0.1, 0.15) is 0 Å². The number of rotatable bonds is 5. The van der Waals surface area contributed by atoms with E-state index in [4.69, 9.17) is 4.74 Å². The van der Waals surface area contributed by atoms with Crippen LogP contribution in [0.15, 0.2) is 0 Å². The van der Waals surface area contributed by atoms with E-state index < -0.39 is 0 Å². The molecule has 7 heteroatoms. The third kappa shape index (κ3) is 5.22. The summed E-state index contributed by atoms with van der Waals surface area (Å²) in [6.45, 7) is 14.6. The van der Waals surface area contributed by atoms with Crippen LogP contribution < -0.4 is 21.3 Å². The zero-order valence-electron chi connectivity index (χ0n) is 26.8. The zero-order chi connectivity index (χ0) is 29.2. The quantitative estimate of drug-likeness (QED) is 0.321. The zero-order valence-corrected chi connectivity index (χ0v) is 26.8. The first-order valence-corrected chi connectivity index (χ1v) is 17.5. The SMILES string of the molecule is CCC1C2CC3NC(CC4NC5C(CC(O)C5C4C)C4NC(CC(N2)C1C)[C@@H](C)[C@@H]4CCC(=O)OC)C(CC)C3C. The Labute approximate surface area is 249 Å². The molecule has 5 saturated heterocycles. The van der Waals surface area contributed by atoms with Gasteiger partial charge in [-0.15, -0.1) is 0 Å². The number of methoxy groups -OCH3 is 1. The van der Waals surface area contributed by atoms with E-state index in [1.807, 2.05) is 0 Å². The molecule has 1 aliphatic carbocycles. The minimum Gasteiger partial charge on any atom is -0.469 e. The van der Waals surface area contributed by atoms with Crippen LogP contribution in [0.4, 0.5) is 0 Å². The lowest BCUT2D eigenvalue weighted by Crippen LogP contribution is -2.48. The van der Waals surface area contributed by atoms with Crippen molar-refractivity contribution in [2.45, 2.75) is 147 Å². The maximum Gasteiger partial charge on any atom is 0.305 e. The van der Waals surface area contributed by atoms with E-state index in [2.05, 4.69) is 62.8 Å². The van der Waals surface area contributed by atoms with Gasteiger partial charge in [-0.3, -0.25) is 4.79 Å². The van der Waals surface area contributed by atoms with Crippen molar-refractivity contribution in [2.24, 2.45) is 53.3 Å². The van der Waals surface area contributed by atoms with Crippen LogP contribution in [0, 0.1) is 53.3 Å². The molecule has 1 saturated carbocycles. The smallest absolute Gasteiger partial charge is 0.305 e. The van der Waals surface area contributed by atoms with Gasteiger partial charge < -0.3 is 31.1 Å². The van der Waals surface area contributed by atoms with Gasteiger partial charge in [0, 0.05) is 60.7 Å². The third-order valence-corrected chi connectivity index (χ3v) is 14.0. The number of hydrogen-bond donors (Lipinski definition) is 5. The summed E-state index contributed by atoms with van der Waals surface area (Å²) >= 11 is 0. The standard InChI is InChI=1S/C34H60N4O3/c1-8-20-16(3)24-13-26-18(5)22(10-11-31(40)41-7)33(37-26)23-12-30(39)32-19(6)27(38-34(23)32)15-29-21(9-2)17(4)25(36-29)14-28(20)35-24/h16-30,32-39H,8-15H2,1-7H3/t16?,17?,18-,19?,20?,21?,22-,23?,24?,25?,26?,27?,28?,29?,30?,32?,33?,34?/m0/s1. The number of aliphatic hydroxyl groups excluding tert-OH is 1. The van der Waals surface area contributed by atoms with Crippen molar-refractivity contribution in [1.82, 2.24) is 21.3 Å². The fraction of sp³-hybridized carbons (Fsp3) is 0.971. The molecule has 6 fully saturated rings. The van der Waals surface area contributed by atoms with Crippen molar-refractivity contribution >= 4 is 5.97 Å². The van der Waals surface area contributed by atoms with Crippen LogP contribution in [-0.4, -0.2) is 72.6 Å². The van der Waals surface area contributed by atoms with Gasteiger partial charge in [-0.05, 0) is 79.4 Å². The van der Waals surface area contributed by atoms with E-state index in [0.717, 1.165) is 31.6 Å². The fourth-order valence-corrected chi connectivity index (χ4v) is 11.7. The number of fused-ring (bicyclic) bond motifs is 8. The molecule has 0 spiro atoms. The van der Waals surface area contributed by atoms with Gasteiger partial charge in [-0.1, -0.05) is 54.4 Å². The average molecular weight is 573 g/mol. The second kappa shape index (κ2) is 12.0. The van der Waals surface area contributed by atoms with Crippen LogP contribution in [0.3, 0.4) is 0 Å². The molecular weight excluding hydrogens is 512 g/mol. The maximum atomic E-state index is 12.3. The molecule has 6 rings (SSSR count). The third-order valence-electron chi connectivity index (χ3n) is 14.0. The largest absolute Gasteiger partial charge is 0.469 e. The summed E-state index contributed by atoms with van der Waals surface area (Å²) in [5.74, 6) is 4.76. The molecular formula is C34H60N4O3. The summed E-state index contributed by atoms with van der Waals surface area (Å²) in [4.78, 5) is 12.3. The highest BCUT2D eigenvalue weighted by Gasteiger charge is 2.58. The van der Waals surface area contributed by atoms with Gasteiger partial charge in [-0.2, -0.15) is 0 Å². The normalized spacial score (nSPS) is 54.5. The first kappa shape index (κ1) is 30.3. The molecule has 8 bridgehead atoms. The molecule has 5 N–H and O–H groups in total. The van der Waals surface area contributed by atoms with Crippen LogP contribution >= 0.6 is 0 Å². The topological polar surface area (TPSA) is 94.6 Å². The molecule has 234 valence electrons. The Morgan fingerprint density at radius 3 is 1.73 bits per heavy atom. The van der Waals surface area contributed by atoms with Crippen molar-refractivity contribution in [3.8, 4) is 0 Å². The van der Waals surface area contributed by atoms with Crippen LogP contribution in [0.2, 0.25) is 0 Å². The van der Waals surface area contributed by atoms with E-state index in [0.29, 0.717) is 102 Å². The Bertz CT molecular complexity index is 934. The first-order chi connectivity index (χ1) is 19.7. The van der Waals surface area contributed by atoms with Crippen LogP contribution in [0.1, 0.15) is 92.9 Å². The van der Waals surface area contributed by atoms with Crippen LogP contribution in [0.25, 0.3) is 0 Å². The van der Waals surface area contributed by atoms with Gasteiger partial charge in [0.25, 0.3) is 0 Å². The van der Waals surface area contributed by atoms with E-state index in [1.165, 1.54) is 26.4 Å². The number of aliphatic hydroxyl groups is 1. The summed E-state index contributed by atoms with van der Waals surface area (Å²) < 4.78 is 5.07. The Morgan fingerprint density at radius 2 is 1.17 bits per heavy atom. The van der Waals surface area contributed by atoms with E-state index in [9.17, 15) is 9.90 Å². The first-order valence-electron chi connectivity index (χ1n) is 17.5. The van der Waals surface area contributed by atoms with Crippen molar-refractivity contribution in [3.63, 3.8) is 0 Å². The van der Waals surface area contributed by atoms with E-state index in [-0.39, 0.29) is 12.1 Å².